The number of hydrogen-bond acceptors (Lipinski definition) is 3. The number of aromatic nitrogens is 2. The molecule has 26 heavy (non-hydrogen) atoms. The number of carbonyl (C=O) groups excluding carboxylic acids is 1. The largest absolute Gasteiger partial charge is 0.493 e. The van der Waals surface area contributed by atoms with Crippen LogP contribution in [-0.4, -0.2) is 22.3 Å². The summed E-state index contributed by atoms with van der Waals surface area (Å²) in [6, 6.07) is 16.1. The molecular weight excluding hydrogens is 326 g/mol. The molecule has 1 amide bonds. The van der Waals surface area contributed by atoms with E-state index in [1.165, 1.54) is 16.7 Å². The highest BCUT2D eigenvalue weighted by atomic mass is 16.5. The Morgan fingerprint density at radius 1 is 1.23 bits per heavy atom. The summed E-state index contributed by atoms with van der Waals surface area (Å²) in [5.74, 6) is 0.954. The number of carbonyl (C=O) groups is 1. The Bertz CT molecular complexity index is 902. The highest BCUT2D eigenvalue weighted by Gasteiger charge is 2.15. The van der Waals surface area contributed by atoms with Crippen LogP contribution in [0.1, 0.15) is 24.1 Å². The average Bonchev–Trinajstić information content (AvgIpc) is 3.37. The maximum absolute atomic E-state index is 12.2. The fourth-order valence-electron chi connectivity index (χ4n) is 3.15. The van der Waals surface area contributed by atoms with Crippen molar-refractivity contribution in [2.24, 2.45) is 0 Å². The first kappa shape index (κ1) is 16.4. The lowest BCUT2D eigenvalue weighted by atomic mass is 10.0. The van der Waals surface area contributed by atoms with Crippen LogP contribution in [0.4, 0.5) is 0 Å². The van der Waals surface area contributed by atoms with E-state index in [0.717, 1.165) is 24.3 Å². The third kappa shape index (κ3) is 3.33. The number of amides is 1. The van der Waals surface area contributed by atoms with Crippen molar-refractivity contribution in [2.45, 2.75) is 25.9 Å². The van der Waals surface area contributed by atoms with Crippen molar-refractivity contribution < 1.29 is 9.53 Å². The first-order valence-electron chi connectivity index (χ1n) is 8.82. The number of rotatable bonds is 5. The second-order valence-corrected chi connectivity index (χ2v) is 6.50. The summed E-state index contributed by atoms with van der Waals surface area (Å²) in [4.78, 5) is 12.2. The maximum Gasteiger partial charge on any atom is 0.244 e. The Labute approximate surface area is 152 Å². The molecule has 0 aliphatic carbocycles. The molecule has 2 heterocycles. The van der Waals surface area contributed by atoms with Gasteiger partial charge in [-0.3, -0.25) is 9.48 Å². The van der Waals surface area contributed by atoms with E-state index in [4.69, 9.17) is 4.74 Å². The molecule has 3 aromatic rings. The third-order valence-corrected chi connectivity index (χ3v) is 4.74. The van der Waals surface area contributed by atoms with Crippen molar-refractivity contribution in [3.05, 3.63) is 72.1 Å². The van der Waals surface area contributed by atoms with E-state index in [1.54, 1.807) is 17.1 Å². The van der Waals surface area contributed by atoms with Gasteiger partial charge in [0.1, 0.15) is 11.8 Å². The Morgan fingerprint density at radius 2 is 2.04 bits per heavy atom. The van der Waals surface area contributed by atoms with E-state index in [2.05, 4.69) is 46.8 Å². The van der Waals surface area contributed by atoms with Crippen LogP contribution < -0.4 is 10.1 Å². The van der Waals surface area contributed by atoms with Crippen molar-refractivity contribution in [3.8, 4) is 16.9 Å². The molecule has 0 spiro atoms. The highest BCUT2D eigenvalue weighted by Crippen LogP contribution is 2.30. The van der Waals surface area contributed by atoms with Gasteiger partial charge in [0.05, 0.1) is 6.61 Å². The standard InChI is InChI=1S/C21H21N3O2/c1-15(24-11-2-10-23-24)21(25)22-14-16-3-5-17(6-4-16)18-7-8-20-19(13-18)9-12-26-20/h2-8,10-11,13,15H,9,12,14H2,1H3,(H,22,25)/t15-/m1/s1. The average molecular weight is 347 g/mol. The van der Waals surface area contributed by atoms with Crippen LogP contribution in [0.5, 0.6) is 5.75 Å². The smallest absolute Gasteiger partial charge is 0.244 e. The number of fused-ring (bicyclic) bond motifs is 1. The van der Waals surface area contributed by atoms with Crippen LogP contribution in [0.2, 0.25) is 0 Å². The second kappa shape index (κ2) is 7.04. The van der Waals surface area contributed by atoms with Crippen LogP contribution in [0, 0.1) is 0 Å². The molecule has 4 rings (SSSR count). The van der Waals surface area contributed by atoms with E-state index in [1.807, 2.05) is 19.1 Å². The minimum Gasteiger partial charge on any atom is -0.493 e. The molecule has 1 atom stereocenters. The number of hydrogen-bond donors (Lipinski definition) is 1. The van der Waals surface area contributed by atoms with Gasteiger partial charge in [0.2, 0.25) is 5.91 Å². The topological polar surface area (TPSA) is 56.1 Å². The van der Waals surface area contributed by atoms with Crippen LogP contribution in [0.25, 0.3) is 11.1 Å². The molecule has 1 N–H and O–H groups in total. The fourth-order valence-corrected chi connectivity index (χ4v) is 3.15. The predicted octanol–water partition coefficient (Wildman–Crippen LogP) is 3.36. The Kier molecular flexibility index (Phi) is 4.44. The zero-order chi connectivity index (χ0) is 17.9. The molecular formula is C21H21N3O2. The summed E-state index contributed by atoms with van der Waals surface area (Å²) in [5.41, 5.74) is 4.70. The summed E-state index contributed by atoms with van der Waals surface area (Å²) in [6.07, 6.45) is 4.44. The van der Waals surface area contributed by atoms with Gasteiger partial charge in [0.25, 0.3) is 0 Å². The Balaban J connectivity index is 1.39. The third-order valence-electron chi connectivity index (χ3n) is 4.74. The van der Waals surface area contributed by atoms with E-state index in [-0.39, 0.29) is 11.9 Å². The van der Waals surface area contributed by atoms with Crippen molar-refractivity contribution in [1.29, 1.82) is 0 Å². The van der Waals surface area contributed by atoms with E-state index in [0.29, 0.717) is 6.54 Å². The molecule has 1 aliphatic rings. The quantitative estimate of drug-likeness (QED) is 0.770. The van der Waals surface area contributed by atoms with Crippen molar-refractivity contribution >= 4 is 5.91 Å². The zero-order valence-electron chi connectivity index (χ0n) is 14.7. The molecule has 0 fully saturated rings. The normalized spacial score (nSPS) is 13.7. The summed E-state index contributed by atoms with van der Waals surface area (Å²) >= 11 is 0. The Hall–Kier alpha value is -3.08. The number of nitrogens with one attached hydrogen (secondary N) is 1. The van der Waals surface area contributed by atoms with Gasteiger partial charge >= 0.3 is 0 Å². The molecule has 0 saturated heterocycles. The summed E-state index contributed by atoms with van der Waals surface area (Å²) in [6.45, 7) is 3.11. The van der Waals surface area contributed by atoms with Crippen molar-refractivity contribution in [1.82, 2.24) is 15.1 Å². The fraction of sp³-hybridized carbons (Fsp3) is 0.238. The lowest BCUT2D eigenvalue weighted by Crippen LogP contribution is -2.30. The molecule has 1 aromatic heterocycles. The number of nitrogens with zero attached hydrogens (tertiary/aromatic N) is 2. The van der Waals surface area contributed by atoms with E-state index < -0.39 is 0 Å². The van der Waals surface area contributed by atoms with E-state index >= 15 is 0 Å². The summed E-state index contributed by atoms with van der Waals surface area (Å²) in [5, 5.41) is 7.07. The van der Waals surface area contributed by atoms with Gasteiger partial charge in [-0.05, 0) is 47.4 Å². The first-order chi connectivity index (χ1) is 12.7. The van der Waals surface area contributed by atoms with Crippen LogP contribution >= 0.6 is 0 Å². The summed E-state index contributed by atoms with van der Waals surface area (Å²) in [7, 11) is 0. The molecule has 5 nitrogen and oxygen atoms in total. The van der Waals surface area contributed by atoms with Crippen molar-refractivity contribution in [3.63, 3.8) is 0 Å². The van der Waals surface area contributed by atoms with Gasteiger partial charge in [-0.2, -0.15) is 5.10 Å². The second-order valence-electron chi connectivity index (χ2n) is 6.50. The Morgan fingerprint density at radius 3 is 2.81 bits per heavy atom. The van der Waals surface area contributed by atoms with Crippen LogP contribution in [-0.2, 0) is 17.8 Å². The molecule has 0 radical (unpaired) electrons. The van der Waals surface area contributed by atoms with Gasteiger partial charge in [0, 0.05) is 25.4 Å². The van der Waals surface area contributed by atoms with Gasteiger partial charge in [0.15, 0.2) is 0 Å². The first-order valence-corrected chi connectivity index (χ1v) is 8.82. The molecule has 1 aliphatic heterocycles. The molecule has 0 bridgehead atoms. The van der Waals surface area contributed by atoms with Gasteiger partial charge < -0.3 is 10.1 Å². The minimum absolute atomic E-state index is 0.0450. The van der Waals surface area contributed by atoms with Gasteiger partial charge in [-0.25, -0.2) is 0 Å². The minimum atomic E-state index is -0.321. The predicted molar refractivity (Wildman–Crippen MR) is 99.9 cm³/mol. The lowest BCUT2D eigenvalue weighted by molar-refractivity contribution is -0.124. The van der Waals surface area contributed by atoms with Gasteiger partial charge in [-0.15, -0.1) is 0 Å². The van der Waals surface area contributed by atoms with Crippen LogP contribution in [0.15, 0.2) is 60.9 Å². The van der Waals surface area contributed by atoms with Crippen molar-refractivity contribution in [2.75, 3.05) is 6.61 Å². The molecule has 0 saturated carbocycles. The maximum atomic E-state index is 12.2. The SMILES string of the molecule is C[C@H](C(=O)NCc1ccc(-c2ccc3c(c2)CCO3)cc1)n1cccn1. The monoisotopic (exact) mass is 347 g/mol. The molecule has 2 aromatic carbocycles. The zero-order valence-corrected chi connectivity index (χ0v) is 14.7. The van der Waals surface area contributed by atoms with Crippen LogP contribution in [0.3, 0.4) is 0 Å². The lowest BCUT2D eigenvalue weighted by Gasteiger charge is -2.13. The highest BCUT2D eigenvalue weighted by molar-refractivity contribution is 5.79. The van der Waals surface area contributed by atoms with Gasteiger partial charge in [-0.1, -0.05) is 30.3 Å². The molecule has 132 valence electrons. The summed E-state index contributed by atoms with van der Waals surface area (Å²) < 4.78 is 7.21. The number of benzene rings is 2. The molecule has 0 unspecified atom stereocenters. The molecule has 5 heteroatoms. The number of ether oxygens (including phenoxy) is 1. The van der Waals surface area contributed by atoms with E-state index in [9.17, 15) is 4.79 Å².